The second kappa shape index (κ2) is 11.5. The van der Waals surface area contributed by atoms with Crippen molar-refractivity contribution in [3.05, 3.63) is 0 Å². The molecule has 0 rings (SSSR count). The number of hydrogen-bond acceptors (Lipinski definition) is 3. The molecule has 3 unspecified atom stereocenters. The smallest absolute Gasteiger partial charge is 0.452 e. The van der Waals surface area contributed by atoms with Gasteiger partial charge in [0.25, 0.3) is 0 Å². The highest BCUT2D eigenvalue weighted by molar-refractivity contribution is 6.36. The van der Waals surface area contributed by atoms with Gasteiger partial charge in [0.05, 0.1) is 0 Å². The topological polar surface area (TPSA) is 59.2 Å². The van der Waals surface area contributed by atoms with Crippen molar-refractivity contribution in [2.75, 3.05) is 0 Å². The van der Waals surface area contributed by atoms with Gasteiger partial charge in [0.2, 0.25) is 0 Å². The lowest BCUT2D eigenvalue weighted by molar-refractivity contribution is 0.0181. The fourth-order valence-electron chi connectivity index (χ4n) is 0.954. The van der Waals surface area contributed by atoms with Crippen molar-refractivity contribution in [2.24, 2.45) is 0 Å². The van der Waals surface area contributed by atoms with Crippen LogP contribution >= 0.6 is 0 Å². The van der Waals surface area contributed by atoms with Crippen LogP contribution < -0.4 is 0 Å². The summed E-state index contributed by atoms with van der Waals surface area (Å²) in [7, 11) is 0. The molecule has 17 heavy (non-hydrogen) atoms. The highest BCUT2D eigenvalue weighted by Crippen LogP contribution is 2.09. The average molecular weight is 264 g/mol. The lowest BCUT2D eigenvalue weighted by Crippen LogP contribution is -2.36. The molecule has 0 amide bonds. The minimum Gasteiger partial charge on any atom is -0.452 e. The van der Waals surface area contributed by atoms with Gasteiger partial charge in [0, 0.05) is 18.3 Å². The first kappa shape index (κ1) is 19.7. The van der Waals surface area contributed by atoms with Crippen LogP contribution in [-0.2, 0) is 11.4 Å². The molecule has 5 heteroatoms. The van der Waals surface area contributed by atoms with Gasteiger partial charge in [-0.3, -0.25) is 0 Å². The van der Waals surface area contributed by atoms with Crippen LogP contribution in [0.2, 0.25) is 0 Å². The Kier molecular flexibility index (Phi) is 13.3. The molecule has 0 fully saturated rings. The monoisotopic (exact) mass is 264 g/mol. The van der Waals surface area contributed by atoms with E-state index in [1.54, 1.807) is 0 Å². The third-order valence-electron chi connectivity index (χ3n) is 2.76. The summed E-state index contributed by atoms with van der Waals surface area (Å²) < 4.78 is 17.5. The summed E-state index contributed by atoms with van der Waals surface area (Å²) in [6, 6.07) is 0. The second-order valence-corrected chi connectivity index (χ2v) is 5.75. The van der Waals surface area contributed by atoms with Crippen LogP contribution in [0.4, 0.5) is 0 Å². The van der Waals surface area contributed by atoms with Crippen molar-refractivity contribution in [3.63, 3.8) is 0 Å². The quantitative estimate of drug-likeness (QED) is 0.601. The fourth-order valence-corrected chi connectivity index (χ4v) is 2.86. The normalized spacial score (nSPS) is 15.9. The van der Waals surface area contributed by atoms with E-state index in [4.69, 9.17) is 11.4 Å². The van der Waals surface area contributed by atoms with Crippen molar-refractivity contribution in [1.82, 2.24) is 0 Å². The van der Waals surface area contributed by atoms with Crippen molar-refractivity contribution in [1.29, 1.82) is 0 Å². The van der Waals surface area contributed by atoms with E-state index in [9.17, 15) is 0 Å². The SMILES string of the molecule is CCC(C)[O][Al]([O]C(C)CC)[O]C(C)CC.O. The highest BCUT2D eigenvalue weighted by atomic mass is 27.3. The number of rotatable bonds is 9. The van der Waals surface area contributed by atoms with Gasteiger partial charge in [-0.2, -0.15) is 0 Å². The van der Waals surface area contributed by atoms with Crippen LogP contribution in [0.25, 0.3) is 0 Å². The molecular formula is C12H29AlO4. The molecule has 0 aliphatic rings. The minimum absolute atomic E-state index is 0. The van der Waals surface area contributed by atoms with E-state index in [0.717, 1.165) is 19.3 Å². The zero-order chi connectivity index (χ0) is 12.6. The lowest BCUT2D eigenvalue weighted by atomic mass is 10.3. The van der Waals surface area contributed by atoms with Crippen LogP contribution in [0, 0.1) is 0 Å². The van der Waals surface area contributed by atoms with Crippen molar-refractivity contribution >= 4 is 15.1 Å². The Morgan fingerprint density at radius 2 is 0.941 bits per heavy atom. The summed E-state index contributed by atoms with van der Waals surface area (Å²) in [5.41, 5.74) is 0. The Hall–Kier alpha value is 0.372. The van der Waals surface area contributed by atoms with Crippen LogP contribution in [0.5, 0.6) is 0 Å². The Balaban J connectivity index is 0. The van der Waals surface area contributed by atoms with E-state index in [1.165, 1.54) is 0 Å². The van der Waals surface area contributed by atoms with Crippen LogP contribution in [0.3, 0.4) is 0 Å². The molecule has 0 saturated heterocycles. The van der Waals surface area contributed by atoms with Gasteiger partial charge < -0.3 is 16.8 Å². The Bertz CT molecular complexity index is 140. The molecular weight excluding hydrogens is 235 g/mol. The molecule has 0 heterocycles. The van der Waals surface area contributed by atoms with Gasteiger partial charge >= 0.3 is 15.1 Å². The maximum atomic E-state index is 5.84. The lowest BCUT2D eigenvalue weighted by Gasteiger charge is -2.23. The summed E-state index contributed by atoms with van der Waals surface area (Å²) in [5, 5.41) is 0. The first-order valence-corrected chi connectivity index (χ1v) is 7.91. The van der Waals surface area contributed by atoms with Crippen molar-refractivity contribution in [2.45, 2.75) is 79.1 Å². The van der Waals surface area contributed by atoms with E-state index in [-0.39, 0.29) is 23.8 Å². The zero-order valence-electron chi connectivity index (χ0n) is 12.2. The molecule has 2 N–H and O–H groups in total. The van der Waals surface area contributed by atoms with Crippen LogP contribution in [-0.4, -0.2) is 38.9 Å². The third kappa shape index (κ3) is 10.0. The third-order valence-corrected chi connectivity index (χ3v) is 4.82. The molecule has 104 valence electrons. The van der Waals surface area contributed by atoms with E-state index in [0.29, 0.717) is 0 Å². The summed E-state index contributed by atoms with van der Waals surface area (Å²) in [4.78, 5) is 0. The Morgan fingerprint density at radius 1 is 0.706 bits per heavy atom. The molecule has 0 bridgehead atoms. The maximum Gasteiger partial charge on any atom is 0.906 e. The van der Waals surface area contributed by atoms with E-state index >= 15 is 0 Å². The molecule has 0 spiro atoms. The fraction of sp³-hybridized carbons (Fsp3) is 1.00. The van der Waals surface area contributed by atoms with Crippen LogP contribution in [0.1, 0.15) is 60.8 Å². The predicted octanol–water partition coefficient (Wildman–Crippen LogP) is 2.59. The summed E-state index contributed by atoms with van der Waals surface area (Å²) in [6.07, 6.45) is 3.67. The molecule has 0 aromatic carbocycles. The maximum absolute atomic E-state index is 5.84. The number of hydrogen-bond donors (Lipinski definition) is 0. The van der Waals surface area contributed by atoms with Gasteiger partial charge in [-0.1, -0.05) is 20.8 Å². The largest absolute Gasteiger partial charge is 0.906 e. The van der Waals surface area contributed by atoms with Crippen molar-refractivity contribution < 1.29 is 16.8 Å². The zero-order valence-corrected chi connectivity index (χ0v) is 13.3. The summed E-state index contributed by atoms with van der Waals surface area (Å²) in [5.74, 6) is 0. The summed E-state index contributed by atoms with van der Waals surface area (Å²) in [6.45, 7) is 12.5. The highest BCUT2D eigenvalue weighted by Gasteiger charge is 2.35. The summed E-state index contributed by atoms with van der Waals surface area (Å²) >= 11 is -1.96. The molecule has 3 atom stereocenters. The standard InChI is InChI=1S/3C4H9O.Al.H2O/c3*1-3-4(2)5;;/h3*4H,3H2,1-2H3;;1H2/q3*-1;+3;. The molecule has 0 aliphatic heterocycles. The Labute approximate surface area is 111 Å². The van der Waals surface area contributed by atoms with Crippen molar-refractivity contribution in [3.8, 4) is 0 Å². The predicted molar refractivity (Wildman–Crippen MR) is 71.9 cm³/mol. The average Bonchev–Trinajstić information content (AvgIpc) is 2.28. The van der Waals surface area contributed by atoms with Gasteiger partial charge in [0.15, 0.2) is 0 Å². The first-order valence-electron chi connectivity index (χ1n) is 6.49. The molecule has 0 radical (unpaired) electrons. The minimum atomic E-state index is -1.96. The first-order chi connectivity index (χ1) is 7.53. The van der Waals surface area contributed by atoms with Gasteiger partial charge in [-0.25, -0.2) is 0 Å². The van der Waals surface area contributed by atoms with E-state index < -0.39 is 15.1 Å². The molecule has 4 nitrogen and oxygen atoms in total. The second-order valence-electron chi connectivity index (χ2n) is 4.35. The van der Waals surface area contributed by atoms with Gasteiger partial charge in [0.1, 0.15) is 0 Å². The molecule has 0 saturated carbocycles. The Morgan fingerprint density at radius 3 is 1.12 bits per heavy atom. The van der Waals surface area contributed by atoms with E-state index in [1.807, 2.05) is 0 Å². The van der Waals surface area contributed by atoms with E-state index in [2.05, 4.69) is 41.5 Å². The molecule has 0 aromatic heterocycles. The van der Waals surface area contributed by atoms with Gasteiger partial charge in [-0.15, -0.1) is 0 Å². The van der Waals surface area contributed by atoms with Crippen LogP contribution in [0.15, 0.2) is 0 Å². The van der Waals surface area contributed by atoms with Gasteiger partial charge in [-0.05, 0) is 40.0 Å². The molecule has 0 aromatic rings. The molecule has 0 aliphatic carbocycles.